The summed E-state index contributed by atoms with van der Waals surface area (Å²) in [6.45, 7) is 3.54. The Bertz CT molecular complexity index is 1080. The van der Waals surface area contributed by atoms with Crippen molar-refractivity contribution in [2.75, 3.05) is 26.1 Å². The molecule has 28 heavy (non-hydrogen) atoms. The molecule has 0 bridgehead atoms. The average molecular weight is 425 g/mol. The van der Waals surface area contributed by atoms with Gasteiger partial charge in [-0.05, 0) is 19.9 Å². The first kappa shape index (κ1) is 20.0. The third kappa shape index (κ3) is 3.78. The molecule has 3 aromatic rings. The molecule has 0 saturated heterocycles. The third-order valence-corrected chi connectivity index (χ3v) is 6.65. The van der Waals surface area contributed by atoms with Gasteiger partial charge in [-0.2, -0.15) is 0 Å². The van der Waals surface area contributed by atoms with E-state index in [1.54, 1.807) is 26.0 Å². The molecule has 150 valence electrons. The molecule has 1 N–H and O–H groups in total. The standard InChI is InChI=1S/C18H20N2O6S2/c1-10-6-13(26-19-10)16-9-17(11(2)27-16)28(21,22)20-12-7-14(23-3)18(25-5)15(8-12)24-4/h6-9,20H,1-5H3. The summed E-state index contributed by atoms with van der Waals surface area (Å²) in [7, 11) is 0.555. The summed E-state index contributed by atoms with van der Waals surface area (Å²) in [6.07, 6.45) is 0. The highest BCUT2D eigenvalue weighted by Gasteiger charge is 2.23. The van der Waals surface area contributed by atoms with E-state index in [0.29, 0.717) is 32.8 Å². The van der Waals surface area contributed by atoms with Crippen molar-refractivity contribution in [3.63, 3.8) is 0 Å². The van der Waals surface area contributed by atoms with Gasteiger partial charge >= 0.3 is 0 Å². The highest BCUT2D eigenvalue weighted by Crippen LogP contribution is 2.41. The van der Waals surface area contributed by atoms with Gasteiger partial charge in [0.1, 0.15) is 4.90 Å². The van der Waals surface area contributed by atoms with Gasteiger partial charge in [0.25, 0.3) is 10.0 Å². The van der Waals surface area contributed by atoms with Gasteiger partial charge in [-0.1, -0.05) is 5.16 Å². The van der Waals surface area contributed by atoms with Crippen molar-refractivity contribution in [2.45, 2.75) is 18.7 Å². The lowest BCUT2D eigenvalue weighted by molar-refractivity contribution is 0.325. The van der Waals surface area contributed by atoms with Crippen LogP contribution >= 0.6 is 11.3 Å². The number of sulfonamides is 1. The van der Waals surface area contributed by atoms with Crippen LogP contribution in [0.3, 0.4) is 0 Å². The van der Waals surface area contributed by atoms with Gasteiger partial charge in [0.15, 0.2) is 17.3 Å². The predicted molar refractivity (Wildman–Crippen MR) is 106 cm³/mol. The Balaban J connectivity index is 1.98. The summed E-state index contributed by atoms with van der Waals surface area (Å²) >= 11 is 1.32. The first-order valence-electron chi connectivity index (χ1n) is 8.16. The average Bonchev–Trinajstić information content (AvgIpc) is 3.26. The number of ether oxygens (including phenoxy) is 3. The van der Waals surface area contributed by atoms with Crippen molar-refractivity contribution >= 4 is 27.0 Å². The van der Waals surface area contributed by atoms with Crippen LogP contribution in [0.15, 0.2) is 33.7 Å². The molecule has 0 aliphatic carbocycles. The minimum Gasteiger partial charge on any atom is -0.493 e. The van der Waals surface area contributed by atoms with Crippen molar-refractivity contribution < 1.29 is 27.2 Å². The van der Waals surface area contributed by atoms with Crippen LogP contribution in [0.2, 0.25) is 0 Å². The molecule has 0 fully saturated rings. The monoisotopic (exact) mass is 424 g/mol. The van der Waals surface area contributed by atoms with E-state index in [4.69, 9.17) is 18.7 Å². The smallest absolute Gasteiger partial charge is 0.263 e. The molecule has 2 heterocycles. The van der Waals surface area contributed by atoms with Crippen LogP contribution in [-0.2, 0) is 10.0 Å². The number of hydrogen-bond donors (Lipinski definition) is 1. The Kier molecular flexibility index (Phi) is 5.52. The van der Waals surface area contributed by atoms with Crippen molar-refractivity contribution in [1.29, 1.82) is 0 Å². The Morgan fingerprint density at radius 2 is 1.64 bits per heavy atom. The fourth-order valence-electron chi connectivity index (χ4n) is 2.68. The topological polar surface area (TPSA) is 99.9 Å². The molecule has 0 radical (unpaired) electrons. The van der Waals surface area contributed by atoms with Gasteiger partial charge in [-0.3, -0.25) is 4.72 Å². The summed E-state index contributed by atoms with van der Waals surface area (Å²) in [6, 6.07) is 6.39. The van der Waals surface area contributed by atoms with Crippen molar-refractivity contribution in [3.05, 3.63) is 34.8 Å². The molecular formula is C18H20N2O6S2. The fourth-order valence-corrected chi connectivity index (χ4v) is 5.26. The molecular weight excluding hydrogens is 404 g/mol. The number of hydrogen-bond acceptors (Lipinski definition) is 8. The van der Waals surface area contributed by atoms with Crippen molar-refractivity contribution in [3.8, 4) is 27.9 Å². The minimum atomic E-state index is -3.85. The van der Waals surface area contributed by atoms with E-state index in [0.717, 1.165) is 5.69 Å². The summed E-state index contributed by atoms with van der Waals surface area (Å²) < 4.78 is 49.5. The molecule has 8 nitrogen and oxygen atoms in total. The zero-order chi connectivity index (χ0) is 20.5. The van der Waals surface area contributed by atoms with Crippen LogP contribution in [0, 0.1) is 13.8 Å². The number of thiophene rings is 1. The summed E-state index contributed by atoms with van der Waals surface area (Å²) in [4.78, 5) is 1.47. The largest absolute Gasteiger partial charge is 0.493 e. The van der Waals surface area contributed by atoms with Gasteiger partial charge in [0.2, 0.25) is 5.75 Å². The Morgan fingerprint density at radius 1 is 1.00 bits per heavy atom. The molecule has 0 spiro atoms. The van der Waals surface area contributed by atoms with Crippen LogP contribution in [0.4, 0.5) is 5.69 Å². The number of rotatable bonds is 7. The Labute approximate surface area is 167 Å². The van der Waals surface area contributed by atoms with Crippen LogP contribution < -0.4 is 18.9 Å². The van der Waals surface area contributed by atoms with Gasteiger partial charge in [-0.15, -0.1) is 11.3 Å². The molecule has 0 unspecified atom stereocenters. The minimum absolute atomic E-state index is 0.162. The van der Waals surface area contributed by atoms with E-state index in [2.05, 4.69) is 9.88 Å². The highest BCUT2D eigenvalue weighted by molar-refractivity contribution is 7.93. The number of nitrogens with zero attached hydrogens (tertiary/aromatic N) is 1. The van der Waals surface area contributed by atoms with E-state index < -0.39 is 10.0 Å². The molecule has 3 rings (SSSR count). The van der Waals surface area contributed by atoms with Crippen molar-refractivity contribution in [2.24, 2.45) is 0 Å². The molecule has 10 heteroatoms. The molecule has 2 aromatic heterocycles. The number of benzene rings is 1. The van der Waals surface area contributed by atoms with E-state index in [1.165, 1.54) is 44.8 Å². The van der Waals surface area contributed by atoms with Crippen LogP contribution in [0.5, 0.6) is 17.2 Å². The number of aromatic nitrogens is 1. The molecule has 0 aliphatic heterocycles. The SMILES string of the molecule is COc1cc(NS(=O)(=O)c2cc(-c3cc(C)no3)sc2C)cc(OC)c1OC. The lowest BCUT2D eigenvalue weighted by Gasteiger charge is -2.15. The molecule has 0 aliphatic rings. The Morgan fingerprint density at radius 3 is 2.14 bits per heavy atom. The van der Waals surface area contributed by atoms with Gasteiger partial charge in [0, 0.05) is 23.1 Å². The lowest BCUT2D eigenvalue weighted by Crippen LogP contribution is -2.13. The van der Waals surface area contributed by atoms with E-state index in [-0.39, 0.29) is 10.6 Å². The third-order valence-electron chi connectivity index (χ3n) is 3.95. The second kappa shape index (κ2) is 7.72. The number of methoxy groups -OCH3 is 3. The second-order valence-electron chi connectivity index (χ2n) is 5.88. The number of aryl methyl sites for hydroxylation is 2. The normalized spacial score (nSPS) is 11.3. The van der Waals surface area contributed by atoms with Gasteiger partial charge < -0.3 is 18.7 Å². The van der Waals surface area contributed by atoms with Crippen LogP contribution in [0.1, 0.15) is 10.6 Å². The number of anilines is 1. The molecule has 1 aromatic carbocycles. The lowest BCUT2D eigenvalue weighted by atomic mass is 10.2. The van der Waals surface area contributed by atoms with Crippen LogP contribution in [-0.4, -0.2) is 34.9 Å². The maximum absolute atomic E-state index is 13.0. The molecule has 0 saturated carbocycles. The first-order chi connectivity index (χ1) is 13.3. The van der Waals surface area contributed by atoms with E-state index in [1.807, 2.05) is 0 Å². The zero-order valence-electron chi connectivity index (χ0n) is 16.0. The van der Waals surface area contributed by atoms with Crippen LogP contribution in [0.25, 0.3) is 10.6 Å². The zero-order valence-corrected chi connectivity index (χ0v) is 17.7. The fraction of sp³-hybridized carbons (Fsp3) is 0.278. The van der Waals surface area contributed by atoms with Crippen molar-refractivity contribution in [1.82, 2.24) is 5.16 Å². The van der Waals surface area contributed by atoms with Gasteiger partial charge in [0.05, 0.1) is 37.6 Å². The summed E-state index contributed by atoms with van der Waals surface area (Å²) in [5, 5.41) is 3.84. The maximum Gasteiger partial charge on any atom is 0.263 e. The van der Waals surface area contributed by atoms with E-state index >= 15 is 0 Å². The number of nitrogens with one attached hydrogen (secondary N) is 1. The van der Waals surface area contributed by atoms with E-state index in [9.17, 15) is 8.42 Å². The Hall–Kier alpha value is -2.72. The first-order valence-corrected chi connectivity index (χ1v) is 10.5. The quantitative estimate of drug-likeness (QED) is 0.615. The highest BCUT2D eigenvalue weighted by atomic mass is 32.2. The second-order valence-corrected chi connectivity index (χ2v) is 8.79. The van der Waals surface area contributed by atoms with Gasteiger partial charge in [-0.25, -0.2) is 8.42 Å². The summed E-state index contributed by atoms with van der Waals surface area (Å²) in [5.74, 6) is 1.60. The predicted octanol–water partition coefficient (Wildman–Crippen LogP) is 3.85. The summed E-state index contributed by atoms with van der Waals surface area (Å²) in [5.41, 5.74) is 1.01. The molecule has 0 amide bonds. The maximum atomic E-state index is 13.0. The molecule has 0 atom stereocenters.